The number of hydrogen-bond donors (Lipinski definition) is 1. The van der Waals surface area contributed by atoms with Crippen LogP contribution in [0.25, 0.3) is 0 Å². The molecule has 0 bridgehead atoms. The zero-order valence-electron chi connectivity index (χ0n) is 11.3. The van der Waals surface area contributed by atoms with Gasteiger partial charge in [-0.3, -0.25) is 0 Å². The molecule has 1 fully saturated rings. The normalized spacial score (nSPS) is 13.8. The number of nitriles is 1. The molecule has 0 aromatic heterocycles. The Morgan fingerprint density at radius 1 is 1.15 bits per heavy atom. The van der Waals surface area contributed by atoms with Crippen molar-refractivity contribution in [3.05, 3.63) is 59.7 Å². The first kappa shape index (κ1) is 12.6. The molecular formula is C17H17N3. The SMILES string of the molecule is N#Cc1cc(N)ccc1N(Cc1ccccc1)C1CC1. The summed E-state index contributed by atoms with van der Waals surface area (Å²) in [6.45, 7) is 0.837. The van der Waals surface area contributed by atoms with E-state index in [1.165, 1.54) is 18.4 Å². The van der Waals surface area contributed by atoms with Gasteiger partial charge >= 0.3 is 0 Å². The molecule has 20 heavy (non-hydrogen) atoms. The lowest BCUT2D eigenvalue weighted by Gasteiger charge is -2.26. The van der Waals surface area contributed by atoms with E-state index in [0.29, 0.717) is 17.3 Å². The van der Waals surface area contributed by atoms with Crippen LogP contribution in [0.15, 0.2) is 48.5 Å². The molecule has 2 aromatic rings. The molecule has 1 saturated carbocycles. The number of hydrogen-bond acceptors (Lipinski definition) is 3. The van der Waals surface area contributed by atoms with E-state index in [2.05, 4.69) is 35.2 Å². The van der Waals surface area contributed by atoms with Gasteiger partial charge in [0.2, 0.25) is 0 Å². The maximum absolute atomic E-state index is 9.33. The molecule has 3 heteroatoms. The van der Waals surface area contributed by atoms with Crippen molar-refractivity contribution in [2.24, 2.45) is 0 Å². The Morgan fingerprint density at radius 2 is 1.90 bits per heavy atom. The average Bonchev–Trinajstić information content (AvgIpc) is 3.31. The van der Waals surface area contributed by atoms with Gasteiger partial charge < -0.3 is 10.6 Å². The van der Waals surface area contributed by atoms with Crippen LogP contribution in [0, 0.1) is 11.3 Å². The molecule has 0 unspecified atom stereocenters. The second-order valence-corrected chi connectivity index (χ2v) is 5.23. The molecule has 1 aliphatic carbocycles. The van der Waals surface area contributed by atoms with Gasteiger partial charge in [-0.1, -0.05) is 30.3 Å². The van der Waals surface area contributed by atoms with Crippen LogP contribution in [-0.2, 0) is 6.54 Å². The molecule has 0 saturated heterocycles. The van der Waals surface area contributed by atoms with Crippen molar-refractivity contribution in [3.63, 3.8) is 0 Å². The zero-order valence-corrected chi connectivity index (χ0v) is 11.3. The van der Waals surface area contributed by atoms with Gasteiger partial charge in [-0.25, -0.2) is 0 Å². The molecule has 100 valence electrons. The monoisotopic (exact) mass is 263 g/mol. The highest BCUT2D eigenvalue weighted by Gasteiger charge is 2.30. The lowest BCUT2D eigenvalue weighted by atomic mass is 10.1. The molecule has 0 spiro atoms. The van der Waals surface area contributed by atoms with E-state index in [0.717, 1.165) is 12.2 Å². The molecule has 0 aliphatic heterocycles. The van der Waals surface area contributed by atoms with Crippen LogP contribution in [0.3, 0.4) is 0 Å². The molecular weight excluding hydrogens is 246 g/mol. The van der Waals surface area contributed by atoms with Crippen LogP contribution < -0.4 is 10.6 Å². The van der Waals surface area contributed by atoms with Gasteiger partial charge in [-0.15, -0.1) is 0 Å². The zero-order chi connectivity index (χ0) is 13.9. The Kier molecular flexibility index (Phi) is 3.30. The Bertz CT molecular complexity index is 639. The third-order valence-corrected chi connectivity index (χ3v) is 3.63. The third-order valence-electron chi connectivity index (χ3n) is 3.63. The highest BCUT2D eigenvalue weighted by Crippen LogP contribution is 2.35. The number of nitrogens with zero attached hydrogens (tertiary/aromatic N) is 2. The van der Waals surface area contributed by atoms with Gasteiger partial charge in [0, 0.05) is 18.3 Å². The van der Waals surface area contributed by atoms with Crippen LogP contribution in [0.2, 0.25) is 0 Å². The minimum absolute atomic E-state index is 0.547. The first-order valence-electron chi connectivity index (χ1n) is 6.88. The second kappa shape index (κ2) is 5.26. The van der Waals surface area contributed by atoms with E-state index in [1.807, 2.05) is 18.2 Å². The minimum Gasteiger partial charge on any atom is -0.399 e. The fourth-order valence-corrected chi connectivity index (χ4v) is 2.47. The Labute approximate surface area is 119 Å². The van der Waals surface area contributed by atoms with E-state index in [4.69, 9.17) is 5.73 Å². The van der Waals surface area contributed by atoms with Crippen molar-refractivity contribution in [2.45, 2.75) is 25.4 Å². The Morgan fingerprint density at radius 3 is 2.55 bits per heavy atom. The maximum Gasteiger partial charge on any atom is 0.101 e. The summed E-state index contributed by atoms with van der Waals surface area (Å²) in [7, 11) is 0. The Balaban J connectivity index is 1.94. The smallest absolute Gasteiger partial charge is 0.101 e. The van der Waals surface area contributed by atoms with E-state index in [1.54, 1.807) is 6.07 Å². The topological polar surface area (TPSA) is 53.1 Å². The summed E-state index contributed by atoms with van der Waals surface area (Å²) in [5.41, 5.74) is 9.34. The van der Waals surface area contributed by atoms with Gasteiger partial charge in [-0.2, -0.15) is 5.26 Å². The lowest BCUT2D eigenvalue weighted by Crippen LogP contribution is -2.25. The summed E-state index contributed by atoms with van der Waals surface area (Å²) in [5.74, 6) is 0. The molecule has 0 heterocycles. The quantitative estimate of drug-likeness (QED) is 0.861. The molecule has 3 rings (SSSR count). The number of nitrogens with two attached hydrogens (primary N) is 1. The van der Waals surface area contributed by atoms with Crippen molar-refractivity contribution in [3.8, 4) is 6.07 Å². The van der Waals surface area contributed by atoms with E-state index < -0.39 is 0 Å². The van der Waals surface area contributed by atoms with Gasteiger partial charge in [0.15, 0.2) is 0 Å². The van der Waals surface area contributed by atoms with Crippen LogP contribution >= 0.6 is 0 Å². The summed E-state index contributed by atoms with van der Waals surface area (Å²) in [6, 6.07) is 18.8. The third kappa shape index (κ3) is 2.60. The molecule has 0 radical (unpaired) electrons. The van der Waals surface area contributed by atoms with Crippen molar-refractivity contribution >= 4 is 11.4 Å². The highest BCUT2D eigenvalue weighted by atomic mass is 15.2. The van der Waals surface area contributed by atoms with Gasteiger partial charge in [0.05, 0.1) is 11.3 Å². The maximum atomic E-state index is 9.33. The molecule has 2 N–H and O–H groups in total. The van der Waals surface area contributed by atoms with Crippen LogP contribution in [0.5, 0.6) is 0 Å². The lowest BCUT2D eigenvalue weighted by molar-refractivity contribution is 0.793. The summed E-state index contributed by atoms with van der Waals surface area (Å²) in [6.07, 6.45) is 2.39. The minimum atomic E-state index is 0.547. The molecule has 1 aliphatic rings. The second-order valence-electron chi connectivity index (χ2n) is 5.23. The Hall–Kier alpha value is -2.47. The molecule has 2 aromatic carbocycles. The molecule has 0 amide bonds. The van der Waals surface area contributed by atoms with Crippen molar-refractivity contribution < 1.29 is 0 Å². The van der Waals surface area contributed by atoms with Gasteiger partial charge in [0.1, 0.15) is 6.07 Å². The van der Waals surface area contributed by atoms with Crippen molar-refractivity contribution in [1.29, 1.82) is 5.26 Å². The van der Waals surface area contributed by atoms with Crippen molar-refractivity contribution in [1.82, 2.24) is 0 Å². The van der Waals surface area contributed by atoms with Crippen LogP contribution in [-0.4, -0.2) is 6.04 Å². The van der Waals surface area contributed by atoms with Crippen LogP contribution in [0.1, 0.15) is 24.0 Å². The predicted molar refractivity (Wildman–Crippen MR) is 81.2 cm³/mol. The van der Waals surface area contributed by atoms with Gasteiger partial charge in [0.25, 0.3) is 0 Å². The number of anilines is 2. The fraction of sp³-hybridized carbons (Fsp3) is 0.235. The van der Waals surface area contributed by atoms with E-state index in [9.17, 15) is 5.26 Å². The first-order chi connectivity index (χ1) is 9.78. The average molecular weight is 263 g/mol. The molecule has 3 nitrogen and oxygen atoms in total. The highest BCUT2D eigenvalue weighted by molar-refractivity contribution is 5.65. The predicted octanol–water partition coefficient (Wildman–Crippen LogP) is 3.31. The van der Waals surface area contributed by atoms with E-state index >= 15 is 0 Å². The number of nitrogen functional groups attached to an aromatic ring is 1. The summed E-state index contributed by atoms with van der Waals surface area (Å²) in [4.78, 5) is 2.33. The molecule has 0 atom stereocenters. The fourth-order valence-electron chi connectivity index (χ4n) is 2.47. The van der Waals surface area contributed by atoms with E-state index in [-0.39, 0.29) is 0 Å². The number of rotatable bonds is 4. The van der Waals surface area contributed by atoms with Crippen molar-refractivity contribution in [2.75, 3.05) is 10.6 Å². The first-order valence-corrected chi connectivity index (χ1v) is 6.88. The van der Waals surface area contributed by atoms with Crippen LogP contribution in [0.4, 0.5) is 11.4 Å². The number of benzene rings is 2. The largest absolute Gasteiger partial charge is 0.399 e. The standard InChI is InChI=1S/C17H17N3/c18-11-14-10-15(19)6-9-17(14)20(16-7-8-16)12-13-4-2-1-3-5-13/h1-6,9-10,16H,7-8,12,19H2. The van der Waals surface area contributed by atoms with Gasteiger partial charge in [-0.05, 0) is 36.6 Å². The summed E-state index contributed by atoms with van der Waals surface area (Å²) in [5, 5.41) is 9.33. The summed E-state index contributed by atoms with van der Waals surface area (Å²) < 4.78 is 0. The summed E-state index contributed by atoms with van der Waals surface area (Å²) >= 11 is 0.